The molecule has 0 saturated heterocycles. The van der Waals surface area contributed by atoms with Crippen molar-refractivity contribution in [3.05, 3.63) is 17.0 Å². The van der Waals surface area contributed by atoms with Crippen LogP contribution in [0.5, 0.6) is 0 Å². The van der Waals surface area contributed by atoms with Crippen molar-refractivity contribution >= 4 is 0 Å². The lowest BCUT2D eigenvalue weighted by Crippen LogP contribution is -1.94. The summed E-state index contributed by atoms with van der Waals surface area (Å²) in [4.78, 5) is 0. The van der Waals surface area contributed by atoms with Gasteiger partial charge in [0, 0.05) is 12.7 Å². The topological polar surface area (TPSA) is 17.8 Å². The van der Waals surface area contributed by atoms with Gasteiger partial charge in [0.05, 0.1) is 5.69 Å². The predicted octanol–water partition coefficient (Wildman–Crippen LogP) is 4.33. The summed E-state index contributed by atoms with van der Waals surface area (Å²) in [6.45, 7) is 6.58. The molecule has 0 radical (unpaired) electrons. The fourth-order valence-corrected chi connectivity index (χ4v) is 2.44. The highest BCUT2D eigenvalue weighted by atomic mass is 15.3. The zero-order valence-corrected chi connectivity index (χ0v) is 12.1. The Morgan fingerprint density at radius 2 is 1.53 bits per heavy atom. The Morgan fingerprint density at radius 1 is 0.941 bits per heavy atom. The van der Waals surface area contributed by atoms with Gasteiger partial charge in [0.15, 0.2) is 0 Å². The van der Waals surface area contributed by atoms with E-state index in [-0.39, 0.29) is 0 Å². The first-order valence-corrected chi connectivity index (χ1v) is 7.16. The number of aryl methyl sites for hydroxylation is 2. The summed E-state index contributed by atoms with van der Waals surface area (Å²) in [6, 6.07) is 0. The summed E-state index contributed by atoms with van der Waals surface area (Å²) in [6.07, 6.45) is 10.9. The van der Waals surface area contributed by atoms with Crippen LogP contribution < -0.4 is 0 Å². The molecule has 2 nitrogen and oxygen atoms in total. The molecule has 0 aliphatic heterocycles. The molecule has 0 saturated carbocycles. The zero-order chi connectivity index (χ0) is 12.7. The van der Waals surface area contributed by atoms with E-state index in [0.717, 1.165) is 0 Å². The Kier molecular flexibility index (Phi) is 6.31. The number of unbranched alkanes of at least 4 members (excludes halogenated alkanes) is 6. The smallest absolute Gasteiger partial charge is 0.0628 e. The minimum absolute atomic E-state index is 1.21. The molecule has 0 aromatic carbocycles. The molecule has 1 rings (SSSR count). The van der Waals surface area contributed by atoms with Gasteiger partial charge in [-0.15, -0.1) is 0 Å². The van der Waals surface area contributed by atoms with Gasteiger partial charge in [0.2, 0.25) is 0 Å². The molecular formula is C15H28N2. The van der Waals surface area contributed by atoms with Gasteiger partial charge >= 0.3 is 0 Å². The molecule has 1 aromatic rings. The Morgan fingerprint density at radius 3 is 2.06 bits per heavy atom. The van der Waals surface area contributed by atoms with E-state index in [4.69, 9.17) is 0 Å². The SMILES string of the molecule is CCCCCCCCCc1c(C)nn(C)c1C. The molecule has 0 aliphatic rings. The average Bonchev–Trinajstić information content (AvgIpc) is 2.54. The van der Waals surface area contributed by atoms with Crippen LogP contribution in [0.3, 0.4) is 0 Å². The first-order valence-electron chi connectivity index (χ1n) is 7.16. The highest BCUT2D eigenvalue weighted by Crippen LogP contribution is 2.16. The summed E-state index contributed by atoms with van der Waals surface area (Å²) in [5.74, 6) is 0. The molecule has 0 spiro atoms. The maximum atomic E-state index is 4.47. The molecule has 0 unspecified atom stereocenters. The third-order valence-corrected chi connectivity index (χ3v) is 3.69. The molecular weight excluding hydrogens is 208 g/mol. The molecule has 0 atom stereocenters. The Balaban J connectivity index is 2.18. The molecule has 17 heavy (non-hydrogen) atoms. The summed E-state index contributed by atoms with van der Waals surface area (Å²) in [5.41, 5.74) is 4.03. The van der Waals surface area contributed by atoms with E-state index in [1.807, 2.05) is 11.7 Å². The van der Waals surface area contributed by atoms with Crippen molar-refractivity contribution < 1.29 is 0 Å². The van der Waals surface area contributed by atoms with E-state index >= 15 is 0 Å². The second-order valence-electron chi connectivity index (χ2n) is 5.14. The van der Waals surface area contributed by atoms with Crippen molar-refractivity contribution in [2.75, 3.05) is 0 Å². The molecule has 1 heterocycles. The van der Waals surface area contributed by atoms with Crippen LogP contribution in [0.1, 0.15) is 68.8 Å². The van der Waals surface area contributed by atoms with Crippen molar-refractivity contribution in [2.24, 2.45) is 7.05 Å². The summed E-state index contributed by atoms with van der Waals surface area (Å²) < 4.78 is 2.01. The summed E-state index contributed by atoms with van der Waals surface area (Å²) in [5, 5.41) is 4.47. The molecule has 98 valence electrons. The fourth-order valence-electron chi connectivity index (χ4n) is 2.44. The largest absolute Gasteiger partial charge is 0.272 e. The monoisotopic (exact) mass is 236 g/mol. The average molecular weight is 236 g/mol. The van der Waals surface area contributed by atoms with Gasteiger partial charge in [0.1, 0.15) is 0 Å². The van der Waals surface area contributed by atoms with Crippen LogP contribution in [-0.4, -0.2) is 9.78 Å². The van der Waals surface area contributed by atoms with Crippen LogP contribution in [0, 0.1) is 13.8 Å². The maximum absolute atomic E-state index is 4.47. The van der Waals surface area contributed by atoms with E-state index in [9.17, 15) is 0 Å². The lowest BCUT2D eigenvalue weighted by atomic mass is 10.0. The third kappa shape index (κ3) is 4.53. The normalized spacial score (nSPS) is 11.1. The molecule has 0 aliphatic carbocycles. The first-order chi connectivity index (χ1) is 8.16. The van der Waals surface area contributed by atoms with E-state index in [1.165, 1.54) is 68.3 Å². The van der Waals surface area contributed by atoms with Crippen LogP contribution in [0.2, 0.25) is 0 Å². The molecule has 0 N–H and O–H groups in total. The van der Waals surface area contributed by atoms with Gasteiger partial charge in [-0.25, -0.2) is 0 Å². The van der Waals surface area contributed by atoms with E-state index < -0.39 is 0 Å². The molecule has 0 fully saturated rings. The molecule has 1 aromatic heterocycles. The Hall–Kier alpha value is -0.790. The van der Waals surface area contributed by atoms with Crippen molar-refractivity contribution in [2.45, 2.75) is 72.1 Å². The van der Waals surface area contributed by atoms with Crippen LogP contribution in [-0.2, 0) is 13.5 Å². The molecule has 0 bridgehead atoms. The molecule has 2 heteroatoms. The minimum atomic E-state index is 1.21. The highest BCUT2D eigenvalue weighted by Gasteiger charge is 2.08. The van der Waals surface area contributed by atoms with Crippen molar-refractivity contribution in [1.82, 2.24) is 9.78 Å². The quantitative estimate of drug-likeness (QED) is 0.614. The van der Waals surface area contributed by atoms with E-state index in [1.54, 1.807) is 0 Å². The van der Waals surface area contributed by atoms with Crippen LogP contribution in [0.25, 0.3) is 0 Å². The van der Waals surface area contributed by atoms with Crippen molar-refractivity contribution in [1.29, 1.82) is 0 Å². The van der Waals surface area contributed by atoms with Gasteiger partial charge < -0.3 is 0 Å². The third-order valence-electron chi connectivity index (χ3n) is 3.69. The first kappa shape index (κ1) is 14.3. The van der Waals surface area contributed by atoms with Crippen LogP contribution >= 0.6 is 0 Å². The van der Waals surface area contributed by atoms with Crippen LogP contribution in [0.4, 0.5) is 0 Å². The minimum Gasteiger partial charge on any atom is -0.272 e. The Bertz CT molecular complexity index is 326. The van der Waals surface area contributed by atoms with Gasteiger partial charge in [-0.05, 0) is 32.3 Å². The number of aromatic nitrogens is 2. The van der Waals surface area contributed by atoms with E-state index in [2.05, 4.69) is 25.9 Å². The predicted molar refractivity (Wildman–Crippen MR) is 74.4 cm³/mol. The van der Waals surface area contributed by atoms with Crippen molar-refractivity contribution in [3.63, 3.8) is 0 Å². The second-order valence-corrected chi connectivity index (χ2v) is 5.14. The van der Waals surface area contributed by atoms with Gasteiger partial charge in [-0.1, -0.05) is 45.4 Å². The lowest BCUT2D eigenvalue weighted by molar-refractivity contribution is 0.588. The number of nitrogens with zero attached hydrogens (tertiary/aromatic N) is 2. The second kappa shape index (κ2) is 7.52. The fraction of sp³-hybridized carbons (Fsp3) is 0.800. The number of hydrogen-bond acceptors (Lipinski definition) is 1. The number of rotatable bonds is 8. The van der Waals surface area contributed by atoms with Crippen molar-refractivity contribution in [3.8, 4) is 0 Å². The zero-order valence-electron chi connectivity index (χ0n) is 12.1. The highest BCUT2D eigenvalue weighted by molar-refractivity contribution is 5.24. The summed E-state index contributed by atoms with van der Waals surface area (Å²) >= 11 is 0. The van der Waals surface area contributed by atoms with Gasteiger partial charge in [-0.3, -0.25) is 4.68 Å². The lowest BCUT2D eigenvalue weighted by Gasteiger charge is -2.03. The summed E-state index contributed by atoms with van der Waals surface area (Å²) in [7, 11) is 2.04. The number of hydrogen-bond donors (Lipinski definition) is 0. The van der Waals surface area contributed by atoms with Crippen LogP contribution in [0.15, 0.2) is 0 Å². The standard InChI is InChI=1S/C15H28N2/c1-5-6-7-8-9-10-11-12-15-13(2)16-17(4)14(15)3/h5-12H2,1-4H3. The van der Waals surface area contributed by atoms with Gasteiger partial charge in [0.25, 0.3) is 0 Å². The Labute approximate surface area is 106 Å². The maximum Gasteiger partial charge on any atom is 0.0628 e. The van der Waals surface area contributed by atoms with E-state index in [0.29, 0.717) is 0 Å². The van der Waals surface area contributed by atoms with Gasteiger partial charge in [-0.2, -0.15) is 5.10 Å². The molecule has 0 amide bonds.